The number of nitrogens with one attached hydrogen (secondary N) is 1. The average molecular weight is 222 g/mol. The lowest BCUT2D eigenvalue weighted by atomic mass is 10.1. The summed E-state index contributed by atoms with van der Waals surface area (Å²) < 4.78 is 1.83. The summed E-state index contributed by atoms with van der Waals surface area (Å²) in [6.07, 6.45) is 1.78. The van der Waals surface area contributed by atoms with Crippen LogP contribution in [-0.2, 0) is 7.05 Å². The van der Waals surface area contributed by atoms with E-state index in [9.17, 15) is 0 Å². The molecular weight excluding hydrogens is 208 g/mol. The third kappa shape index (κ3) is 1.94. The fraction of sp³-hybridized carbons (Fsp3) is 0.300. The molecule has 0 aromatic carbocycles. The molecule has 5 heteroatoms. The molecule has 4 nitrogen and oxygen atoms in total. The van der Waals surface area contributed by atoms with E-state index in [-0.39, 0.29) is 6.04 Å². The molecule has 1 atom stereocenters. The largest absolute Gasteiger partial charge is 0.271 e. The number of rotatable bonds is 3. The maximum absolute atomic E-state index is 5.59. The highest BCUT2D eigenvalue weighted by atomic mass is 32.1. The standard InChI is InChI=1S/C10H14N4S/c1-7-5-8(6-15-7)10(13-11)9-3-4-12-14(9)2/h3-6,10,13H,11H2,1-2H3. The first-order valence-electron chi connectivity index (χ1n) is 4.71. The smallest absolute Gasteiger partial charge is 0.0886 e. The van der Waals surface area contributed by atoms with Gasteiger partial charge in [0.05, 0.1) is 11.7 Å². The summed E-state index contributed by atoms with van der Waals surface area (Å²) >= 11 is 1.73. The van der Waals surface area contributed by atoms with E-state index in [1.165, 1.54) is 10.4 Å². The van der Waals surface area contributed by atoms with Gasteiger partial charge in [0.25, 0.3) is 0 Å². The fourth-order valence-electron chi connectivity index (χ4n) is 1.63. The van der Waals surface area contributed by atoms with Crippen LogP contribution in [0, 0.1) is 6.92 Å². The van der Waals surface area contributed by atoms with Crippen LogP contribution in [0.1, 0.15) is 22.2 Å². The Kier molecular flexibility index (Phi) is 2.86. The normalized spacial score (nSPS) is 13.0. The molecule has 0 aliphatic rings. The van der Waals surface area contributed by atoms with Crippen molar-refractivity contribution in [3.05, 3.63) is 39.8 Å². The molecule has 15 heavy (non-hydrogen) atoms. The van der Waals surface area contributed by atoms with Crippen LogP contribution in [0.15, 0.2) is 23.7 Å². The van der Waals surface area contributed by atoms with Gasteiger partial charge in [-0.3, -0.25) is 10.5 Å². The molecule has 0 fully saturated rings. The van der Waals surface area contributed by atoms with Crippen molar-refractivity contribution >= 4 is 11.3 Å². The maximum Gasteiger partial charge on any atom is 0.0886 e. The van der Waals surface area contributed by atoms with Gasteiger partial charge in [0.2, 0.25) is 0 Å². The Morgan fingerprint density at radius 1 is 1.60 bits per heavy atom. The minimum absolute atomic E-state index is 0.0162. The molecule has 2 aromatic rings. The summed E-state index contributed by atoms with van der Waals surface area (Å²) in [5, 5.41) is 6.26. The second-order valence-electron chi connectivity index (χ2n) is 3.47. The Morgan fingerprint density at radius 2 is 2.40 bits per heavy atom. The third-order valence-corrected chi connectivity index (χ3v) is 3.29. The van der Waals surface area contributed by atoms with Crippen molar-refractivity contribution in [3.63, 3.8) is 0 Å². The number of hydrogen-bond acceptors (Lipinski definition) is 4. The Bertz CT molecular complexity index is 446. The molecule has 0 saturated heterocycles. The van der Waals surface area contributed by atoms with E-state index < -0.39 is 0 Å². The zero-order valence-corrected chi connectivity index (χ0v) is 9.58. The van der Waals surface area contributed by atoms with Crippen LogP contribution in [0.3, 0.4) is 0 Å². The van der Waals surface area contributed by atoms with E-state index >= 15 is 0 Å². The summed E-state index contributed by atoms with van der Waals surface area (Å²) in [5.41, 5.74) is 5.07. The Hall–Kier alpha value is -1.17. The van der Waals surface area contributed by atoms with Crippen LogP contribution < -0.4 is 11.3 Å². The average Bonchev–Trinajstić information content (AvgIpc) is 2.79. The van der Waals surface area contributed by atoms with E-state index in [1.54, 1.807) is 17.5 Å². The minimum Gasteiger partial charge on any atom is -0.271 e. The number of aromatic nitrogens is 2. The molecule has 2 aromatic heterocycles. The molecule has 1 unspecified atom stereocenters. The molecule has 0 aliphatic carbocycles. The second kappa shape index (κ2) is 4.14. The minimum atomic E-state index is 0.0162. The van der Waals surface area contributed by atoms with Crippen molar-refractivity contribution in [1.29, 1.82) is 0 Å². The molecule has 80 valence electrons. The summed E-state index contributed by atoms with van der Waals surface area (Å²) in [4.78, 5) is 1.28. The number of thiophene rings is 1. The summed E-state index contributed by atoms with van der Waals surface area (Å²) in [6.45, 7) is 2.09. The predicted octanol–water partition coefficient (Wildman–Crippen LogP) is 1.34. The first-order valence-corrected chi connectivity index (χ1v) is 5.59. The van der Waals surface area contributed by atoms with Crippen LogP contribution >= 0.6 is 11.3 Å². The molecule has 0 amide bonds. The molecule has 0 saturated carbocycles. The van der Waals surface area contributed by atoms with Gasteiger partial charge in [-0.05, 0) is 30.0 Å². The van der Waals surface area contributed by atoms with Crippen molar-refractivity contribution in [3.8, 4) is 0 Å². The molecular formula is C10H14N4S. The number of nitrogens with zero attached hydrogens (tertiary/aromatic N) is 2. The van der Waals surface area contributed by atoms with Gasteiger partial charge in [-0.15, -0.1) is 11.3 Å². The van der Waals surface area contributed by atoms with E-state index in [1.807, 2.05) is 17.8 Å². The van der Waals surface area contributed by atoms with Crippen LogP contribution in [0.5, 0.6) is 0 Å². The van der Waals surface area contributed by atoms with Crippen molar-refractivity contribution in [1.82, 2.24) is 15.2 Å². The highest BCUT2D eigenvalue weighted by molar-refractivity contribution is 7.10. The molecule has 0 bridgehead atoms. The SMILES string of the molecule is Cc1cc(C(NN)c2ccnn2C)cs1. The van der Waals surface area contributed by atoms with Gasteiger partial charge < -0.3 is 0 Å². The van der Waals surface area contributed by atoms with Crippen molar-refractivity contribution < 1.29 is 0 Å². The fourth-order valence-corrected chi connectivity index (χ4v) is 2.36. The maximum atomic E-state index is 5.59. The quantitative estimate of drug-likeness (QED) is 0.608. The molecule has 2 rings (SSSR count). The molecule has 0 radical (unpaired) electrons. The monoisotopic (exact) mass is 222 g/mol. The lowest BCUT2D eigenvalue weighted by Crippen LogP contribution is -2.30. The van der Waals surface area contributed by atoms with Gasteiger partial charge in [0.15, 0.2) is 0 Å². The predicted molar refractivity (Wildman–Crippen MR) is 61.4 cm³/mol. The Morgan fingerprint density at radius 3 is 2.87 bits per heavy atom. The zero-order chi connectivity index (χ0) is 10.8. The number of hydrogen-bond donors (Lipinski definition) is 2. The van der Waals surface area contributed by atoms with Crippen LogP contribution in [-0.4, -0.2) is 9.78 Å². The third-order valence-electron chi connectivity index (χ3n) is 2.41. The summed E-state index contributed by atoms with van der Waals surface area (Å²) in [7, 11) is 1.92. The lowest BCUT2D eigenvalue weighted by Gasteiger charge is -2.14. The van der Waals surface area contributed by atoms with Crippen molar-refractivity contribution in [2.24, 2.45) is 12.9 Å². The number of aryl methyl sites for hydroxylation is 2. The van der Waals surface area contributed by atoms with E-state index in [0.717, 1.165) is 5.69 Å². The van der Waals surface area contributed by atoms with Gasteiger partial charge >= 0.3 is 0 Å². The Labute approximate surface area is 92.7 Å². The van der Waals surface area contributed by atoms with Crippen molar-refractivity contribution in [2.75, 3.05) is 0 Å². The number of nitrogens with two attached hydrogens (primary N) is 1. The summed E-state index contributed by atoms with van der Waals surface area (Å²) in [5.74, 6) is 5.59. The lowest BCUT2D eigenvalue weighted by molar-refractivity contribution is 0.576. The molecule has 0 aliphatic heterocycles. The Balaban J connectivity index is 2.36. The van der Waals surface area contributed by atoms with E-state index in [2.05, 4.69) is 28.9 Å². The first-order chi connectivity index (χ1) is 7.22. The van der Waals surface area contributed by atoms with Gasteiger partial charge in [0, 0.05) is 18.1 Å². The van der Waals surface area contributed by atoms with Gasteiger partial charge in [-0.25, -0.2) is 5.43 Å². The van der Waals surface area contributed by atoms with Crippen LogP contribution in [0.25, 0.3) is 0 Å². The van der Waals surface area contributed by atoms with Gasteiger partial charge in [-0.2, -0.15) is 5.10 Å². The highest BCUT2D eigenvalue weighted by Crippen LogP contribution is 2.24. The first kappa shape index (κ1) is 10.4. The topological polar surface area (TPSA) is 55.9 Å². The van der Waals surface area contributed by atoms with Gasteiger partial charge in [0.1, 0.15) is 0 Å². The van der Waals surface area contributed by atoms with Crippen molar-refractivity contribution in [2.45, 2.75) is 13.0 Å². The molecule has 2 heterocycles. The number of hydrazine groups is 1. The van der Waals surface area contributed by atoms with E-state index in [4.69, 9.17) is 5.84 Å². The summed E-state index contributed by atoms with van der Waals surface area (Å²) in [6, 6.07) is 4.13. The van der Waals surface area contributed by atoms with Gasteiger partial charge in [-0.1, -0.05) is 0 Å². The molecule has 0 spiro atoms. The van der Waals surface area contributed by atoms with Crippen LogP contribution in [0.4, 0.5) is 0 Å². The second-order valence-corrected chi connectivity index (χ2v) is 4.59. The zero-order valence-electron chi connectivity index (χ0n) is 8.77. The highest BCUT2D eigenvalue weighted by Gasteiger charge is 2.16. The van der Waals surface area contributed by atoms with Crippen LogP contribution in [0.2, 0.25) is 0 Å². The molecule has 3 N–H and O–H groups in total. The van der Waals surface area contributed by atoms with E-state index in [0.29, 0.717) is 0 Å².